The summed E-state index contributed by atoms with van der Waals surface area (Å²) in [7, 11) is 9.87. The first-order valence-electron chi connectivity index (χ1n) is 16.0. The molecule has 0 N–H and O–H groups in total. The van der Waals surface area contributed by atoms with E-state index in [4.69, 9.17) is 17.0 Å². The van der Waals surface area contributed by atoms with Crippen molar-refractivity contribution in [3.63, 3.8) is 0 Å². The van der Waals surface area contributed by atoms with Gasteiger partial charge in [-0.1, -0.05) is 154 Å². The summed E-state index contributed by atoms with van der Waals surface area (Å²) in [5.74, 6) is 1.22. The van der Waals surface area contributed by atoms with Crippen molar-refractivity contribution < 1.29 is 20.8 Å². The average molecular weight is 693 g/mol. The molecule has 0 saturated heterocycles. The van der Waals surface area contributed by atoms with Crippen LogP contribution in [0.1, 0.15) is 135 Å². The molecule has 2 atom stereocenters. The molecule has 0 saturated carbocycles. The van der Waals surface area contributed by atoms with Gasteiger partial charge in [-0.2, -0.15) is 45.5 Å². The first-order valence-corrected chi connectivity index (χ1v) is 22.3. The topological polar surface area (TPSA) is 0 Å². The first-order chi connectivity index (χ1) is 20.3. The summed E-state index contributed by atoms with van der Waals surface area (Å²) in [6.07, 6.45) is 7.76. The van der Waals surface area contributed by atoms with Crippen LogP contribution in [0.2, 0.25) is 0 Å². The van der Waals surface area contributed by atoms with Crippen LogP contribution in [0.15, 0.2) is 72.8 Å². The van der Waals surface area contributed by atoms with E-state index in [-0.39, 0.29) is 10.8 Å². The van der Waals surface area contributed by atoms with Gasteiger partial charge < -0.3 is 0 Å². The standard InChI is InChI=1S/2C20H25.2ClH.Zr/c2*1-14-12-16-6-5-7-18(19(16)13-14)15-8-10-17(11-9-15)20(2,3)4;;;/h2*8-13,18H,5-7H2,1-4H3;2*1H;/q2*-1;;;+4/p-2. The van der Waals surface area contributed by atoms with E-state index in [2.05, 4.69) is 128 Å². The second kappa shape index (κ2) is 14.8. The average Bonchev–Trinajstić information content (AvgIpc) is 3.53. The monoisotopic (exact) mass is 690 g/mol. The molecule has 0 heterocycles. The minimum atomic E-state index is -0.826. The maximum atomic E-state index is 4.93. The van der Waals surface area contributed by atoms with Crippen LogP contribution in [-0.2, 0) is 44.5 Å². The van der Waals surface area contributed by atoms with Gasteiger partial charge in [-0.15, -0.1) is 0 Å². The van der Waals surface area contributed by atoms with Gasteiger partial charge in [-0.25, -0.2) is 12.1 Å². The molecular formula is C40H50Cl2Zr. The van der Waals surface area contributed by atoms with Crippen LogP contribution in [0, 0.1) is 13.8 Å². The van der Waals surface area contributed by atoms with Crippen molar-refractivity contribution in [2.24, 2.45) is 0 Å². The number of aryl methyl sites for hydroxylation is 4. The Balaban J connectivity index is 0.000000181. The molecule has 43 heavy (non-hydrogen) atoms. The summed E-state index contributed by atoms with van der Waals surface area (Å²) in [5.41, 5.74) is 15.5. The maximum absolute atomic E-state index is 4.93. The molecule has 0 aliphatic heterocycles. The zero-order valence-corrected chi connectivity index (χ0v) is 31.6. The van der Waals surface area contributed by atoms with Crippen molar-refractivity contribution >= 4 is 17.0 Å². The predicted octanol–water partition coefficient (Wildman–Crippen LogP) is 12.3. The molecule has 4 aromatic rings. The Kier molecular flexibility index (Phi) is 11.9. The van der Waals surface area contributed by atoms with Crippen LogP contribution in [0.5, 0.6) is 0 Å². The number of fused-ring (bicyclic) bond motifs is 2. The second-order valence-electron chi connectivity index (χ2n) is 14.7. The zero-order valence-electron chi connectivity index (χ0n) is 27.6. The summed E-state index contributed by atoms with van der Waals surface area (Å²) in [6, 6.07) is 28.2. The molecule has 2 aliphatic rings. The molecule has 0 spiro atoms. The normalized spacial score (nSPS) is 17.8. The molecule has 0 amide bonds. The van der Waals surface area contributed by atoms with Crippen LogP contribution < -0.4 is 0 Å². The van der Waals surface area contributed by atoms with Crippen molar-refractivity contribution in [3.8, 4) is 0 Å². The Morgan fingerprint density at radius 3 is 1.23 bits per heavy atom. The predicted molar refractivity (Wildman–Crippen MR) is 185 cm³/mol. The quantitative estimate of drug-likeness (QED) is 0.184. The van der Waals surface area contributed by atoms with Gasteiger partial charge in [-0.05, 0) is 33.8 Å². The van der Waals surface area contributed by atoms with E-state index in [1.54, 1.807) is 22.3 Å². The summed E-state index contributed by atoms with van der Waals surface area (Å²) in [4.78, 5) is 0. The van der Waals surface area contributed by atoms with Crippen molar-refractivity contribution in [1.82, 2.24) is 0 Å². The van der Waals surface area contributed by atoms with E-state index in [0.717, 1.165) is 0 Å². The van der Waals surface area contributed by atoms with Crippen LogP contribution >= 0.6 is 17.0 Å². The Morgan fingerprint density at radius 2 is 0.930 bits per heavy atom. The fraction of sp³-hybridized carbons (Fsp3) is 0.450. The molecule has 6 rings (SSSR count). The van der Waals surface area contributed by atoms with Gasteiger partial charge >= 0.3 is 37.9 Å². The molecule has 0 fully saturated rings. The second-order valence-corrected chi connectivity index (χ2v) is 18.5. The van der Waals surface area contributed by atoms with Crippen LogP contribution in [0.4, 0.5) is 0 Å². The molecule has 0 nitrogen and oxygen atoms in total. The van der Waals surface area contributed by atoms with E-state index in [9.17, 15) is 0 Å². The molecule has 3 heteroatoms. The molecule has 2 aliphatic carbocycles. The Labute approximate surface area is 281 Å². The third kappa shape index (κ3) is 8.87. The van der Waals surface area contributed by atoms with E-state index in [1.165, 1.54) is 71.9 Å². The van der Waals surface area contributed by atoms with Crippen LogP contribution in [0.3, 0.4) is 0 Å². The summed E-state index contributed by atoms with van der Waals surface area (Å²) in [5, 5.41) is 0. The van der Waals surface area contributed by atoms with Crippen molar-refractivity contribution in [1.29, 1.82) is 0 Å². The number of halogens is 2. The molecular weight excluding hydrogens is 643 g/mol. The summed E-state index contributed by atoms with van der Waals surface area (Å²) in [6.45, 7) is 18.1. The van der Waals surface area contributed by atoms with E-state index >= 15 is 0 Å². The van der Waals surface area contributed by atoms with Gasteiger partial charge in [0.25, 0.3) is 0 Å². The summed E-state index contributed by atoms with van der Waals surface area (Å²) >= 11 is -0.826. The van der Waals surface area contributed by atoms with E-state index in [1.807, 2.05) is 0 Å². The summed E-state index contributed by atoms with van der Waals surface area (Å²) < 4.78 is 0. The van der Waals surface area contributed by atoms with E-state index < -0.39 is 20.8 Å². The zero-order chi connectivity index (χ0) is 31.4. The van der Waals surface area contributed by atoms with Crippen molar-refractivity contribution in [2.75, 3.05) is 0 Å². The van der Waals surface area contributed by atoms with Gasteiger partial charge in [0.15, 0.2) is 0 Å². The van der Waals surface area contributed by atoms with Gasteiger partial charge in [0.05, 0.1) is 0 Å². The first kappa shape index (κ1) is 34.5. The molecule has 2 unspecified atom stereocenters. The Hall–Kier alpha value is -1.40. The molecule has 0 aromatic heterocycles. The minimum absolute atomic E-state index is 0.243. The Morgan fingerprint density at radius 1 is 0.605 bits per heavy atom. The third-order valence-electron chi connectivity index (χ3n) is 9.30. The number of benzene rings is 2. The third-order valence-corrected chi connectivity index (χ3v) is 9.30. The van der Waals surface area contributed by atoms with E-state index in [0.29, 0.717) is 11.8 Å². The fourth-order valence-corrected chi connectivity index (χ4v) is 6.98. The van der Waals surface area contributed by atoms with Gasteiger partial charge in [-0.3, -0.25) is 0 Å². The number of hydrogen-bond donors (Lipinski definition) is 0. The SMILES string of the molecule is Cc1cc2c([cH-]1)CCCC2c1ccc(C(C)(C)C)cc1.Cc1cc2c([cH-]1)CCCC2c1ccc(C(C)(C)C)cc1.[Cl][Zr+2][Cl]. The van der Waals surface area contributed by atoms with Crippen molar-refractivity contribution in [2.45, 2.75) is 117 Å². The number of hydrogen-bond acceptors (Lipinski definition) is 0. The Bertz CT molecular complexity index is 1330. The van der Waals surface area contributed by atoms with Gasteiger partial charge in [0.1, 0.15) is 0 Å². The fourth-order valence-electron chi connectivity index (χ4n) is 6.98. The number of rotatable bonds is 2. The van der Waals surface area contributed by atoms with Gasteiger partial charge in [0.2, 0.25) is 0 Å². The molecule has 0 radical (unpaired) electrons. The van der Waals surface area contributed by atoms with Crippen molar-refractivity contribution in [3.05, 3.63) is 128 Å². The molecule has 228 valence electrons. The molecule has 0 bridgehead atoms. The van der Waals surface area contributed by atoms with Crippen LogP contribution in [0.25, 0.3) is 0 Å². The van der Waals surface area contributed by atoms with Crippen LogP contribution in [-0.4, -0.2) is 0 Å². The van der Waals surface area contributed by atoms with Gasteiger partial charge in [0, 0.05) is 0 Å². The molecule has 4 aromatic carbocycles.